The Morgan fingerprint density at radius 1 is 1.42 bits per heavy atom. The van der Waals surface area contributed by atoms with Gasteiger partial charge in [0, 0.05) is 25.4 Å². The Morgan fingerprint density at radius 2 is 2.25 bits per heavy atom. The number of aryl methyl sites for hydroxylation is 1. The van der Waals surface area contributed by atoms with Gasteiger partial charge in [-0.15, -0.1) is 10.2 Å². The quantitative estimate of drug-likeness (QED) is 0.512. The fourth-order valence-electron chi connectivity index (χ4n) is 2.23. The van der Waals surface area contributed by atoms with Crippen molar-refractivity contribution in [3.8, 4) is 0 Å². The molecule has 0 saturated heterocycles. The maximum atomic E-state index is 12.4. The number of rotatable bonds is 9. The van der Waals surface area contributed by atoms with Gasteiger partial charge in [0.1, 0.15) is 17.7 Å². The highest BCUT2D eigenvalue weighted by Gasteiger charge is 2.22. The highest BCUT2D eigenvalue weighted by atomic mass is 32.2. The molecule has 2 heterocycles. The van der Waals surface area contributed by atoms with Gasteiger partial charge in [0.2, 0.25) is 0 Å². The Hall–Kier alpha value is -1.89. The number of hydrogen-bond donors (Lipinski definition) is 0. The van der Waals surface area contributed by atoms with E-state index in [1.165, 1.54) is 11.8 Å². The van der Waals surface area contributed by atoms with Gasteiger partial charge in [-0.3, -0.25) is 9.78 Å². The molecule has 0 amide bonds. The first-order valence-corrected chi connectivity index (χ1v) is 9.09. The van der Waals surface area contributed by atoms with Gasteiger partial charge in [-0.1, -0.05) is 37.6 Å². The van der Waals surface area contributed by atoms with Crippen LogP contribution in [0.5, 0.6) is 0 Å². The van der Waals surface area contributed by atoms with Gasteiger partial charge in [-0.05, 0) is 25.5 Å². The first-order chi connectivity index (χ1) is 11.6. The molecule has 6 nitrogen and oxygen atoms in total. The lowest BCUT2D eigenvalue weighted by Gasteiger charge is -2.19. The van der Waals surface area contributed by atoms with E-state index in [0.29, 0.717) is 11.6 Å². The first-order valence-electron chi connectivity index (χ1n) is 8.21. The lowest BCUT2D eigenvalue weighted by atomic mass is 10.1. The molecule has 24 heavy (non-hydrogen) atoms. The number of hydrogen-bond acceptors (Lipinski definition) is 6. The van der Waals surface area contributed by atoms with Crippen LogP contribution in [-0.2, 0) is 23.0 Å². The summed E-state index contributed by atoms with van der Waals surface area (Å²) in [4.78, 5) is 16.8. The smallest absolute Gasteiger partial charge is 0.319 e. The second-order valence-electron chi connectivity index (χ2n) is 5.71. The van der Waals surface area contributed by atoms with Crippen LogP contribution in [-0.4, -0.2) is 37.1 Å². The Balaban J connectivity index is 1.94. The van der Waals surface area contributed by atoms with Gasteiger partial charge in [-0.25, -0.2) is 0 Å². The maximum absolute atomic E-state index is 12.4. The number of nitrogens with zero attached hydrogens (tertiary/aromatic N) is 4. The molecule has 0 radical (unpaired) electrons. The van der Waals surface area contributed by atoms with Crippen LogP contribution in [0.25, 0.3) is 0 Å². The fourth-order valence-corrected chi connectivity index (χ4v) is 3.01. The minimum absolute atomic E-state index is 0.144. The van der Waals surface area contributed by atoms with E-state index in [4.69, 9.17) is 4.74 Å². The molecule has 2 aromatic heterocycles. The van der Waals surface area contributed by atoms with Crippen molar-refractivity contribution in [1.29, 1.82) is 0 Å². The Morgan fingerprint density at radius 3 is 2.88 bits per heavy atom. The molecule has 0 aliphatic heterocycles. The van der Waals surface area contributed by atoms with Gasteiger partial charge in [-0.2, -0.15) is 0 Å². The fraction of sp³-hybridized carbons (Fsp3) is 0.529. The SMILES string of the molecule is CCCC[C@@H](Cc1ccccn1)OC(=O)[C@H](C)Sc1nncn1C. The molecule has 0 spiro atoms. The van der Waals surface area contributed by atoms with Crippen molar-refractivity contribution in [3.63, 3.8) is 0 Å². The molecule has 2 rings (SSSR count). The molecular formula is C17H24N4O2S. The predicted molar refractivity (Wildman–Crippen MR) is 93.7 cm³/mol. The van der Waals surface area contributed by atoms with Crippen LogP contribution in [0.4, 0.5) is 0 Å². The van der Waals surface area contributed by atoms with E-state index in [9.17, 15) is 4.79 Å². The van der Waals surface area contributed by atoms with Crippen molar-refractivity contribution in [2.75, 3.05) is 0 Å². The average Bonchev–Trinajstić information content (AvgIpc) is 2.98. The molecule has 0 unspecified atom stereocenters. The second-order valence-corrected chi connectivity index (χ2v) is 7.02. The number of esters is 1. The van der Waals surface area contributed by atoms with Gasteiger partial charge in [0.05, 0.1) is 0 Å². The zero-order chi connectivity index (χ0) is 17.4. The summed E-state index contributed by atoms with van der Waals surface area (Å²) in [6, 6.07) is 5.80. The third kappa shape index (κ3) is 5.63. The molecule has 0 aromatic carbocycles. The summed E-state index contributed by atoms with van der Waals surface area (Å²) in [6.45, 7) is 3.96. The zero-order valence-electron chi connectivity index (χ0n) is 14.4. The van der Waals surface area contributed by atoms with Crippen LogP contribution >= 0.6 is 11.8 Å². The predicted octanol–water partition coefficient (Wildman–Crippen LogP) is 3.04. The largest absolute Gasteiger partial charge is 0.461 e. The molecule has 130 valence electrons. The van der Waals surface area contributed by atoms with Crippen LogP contribution < -0.4 is 0 Å². The first kappa shape index (κ1) is 18.4. The summed E-state index contributed by atoms with van der Waals surface area (Å²) in [5, 5.41) is 8.19. The lowest BCUT2D eigenvalue weighted by molar-refractivity contribution is -0.148. The molecule has 0 bridgehead atoms. The molecule has 7 heteroatoms. The Bertz CT molecular complexity index is 633. The summed E-state index contributed by atoms with van der Waals surface area (Å²) < 4.78 is 7.54. The van der Waals surface area contributed by atoms with Crippen molar-refractivity contribution in [2.45, 2.75) is 56.0 Å². The maximum Gasteiger partial charge on any atom is 0.319 e. The van der Waals surface area contributed by atoms with E-state index in [2.05, 4.69) is 22.1 Å². The monoisotopic (exact) mass is 348 g/mol. The number of carbonyl (C=O) groups is 1. The summed E-state index contributed by atoms with van der Waals surface area (Å²) in [7, 11) is 1.85. The van der Waals surface area contributed by atoms with Crippen LogP contribution in [0.1, 0.15) is 38.8 Å². The molecule has 0 aliphatic carbocycles. The lowest BCUT2D eigenvalue weighted by Crippen LogP contribution is -2.26. The number of pyridine rings is 1. The van der Waals surface area contributed by atoms with Crippen molar-refractivity contribution in [3.05, 3.63) is 36.4 Å². The zero-order valence-corrected chi connectivity index (χ0v) is 15.2. The summed E-state index contributed by atoms with van der Waals surface area (Å²) >= 11 is 1.36. The topological polar surface area (TPSA) is 69.9 Å². The molecule has 2 aromatic rings. The van der Waals surface area contributed by atoms with Gasteiger partial charge < -0.3 is 9.30 Å². The number of thioether (sulfide) groups is 1. The molecule has 0 N–H and O–H groups in total. The third-order valence-corrected chi connectivity index (χ3v) is 4.74. The summed E-state index contributed by atoms with van der Waals surface area (Å²) in [5.41, 5.74) is 0.944. The standard InChI is InChI=1S/C17H24N4O2S/c1-4-5-9-15(11-14-8-6-7-10-18-14)23-16(22)13(2)24-17-20-19-12-21(17)3/h6-8,10,12-13,15H,4-5,9,11H2,1-3H3/t13-,15-/m0/s1. The van der Waals surface area contributed by atoms with Crippen molar-refractivity contribution in [2.24, 2.45) is 7.05 Å². The van der Waals surface area contributed by atoms with E-state index in [1.54, 1.807) is 17.1 Å². The van der Waals surface area contributed by atoms with Crippen molar-refractivity contribution >= 4 is 17.7 Å². The van der Waals surface area contributed by atoms with Crippen LogP contribution in [0.3, 0.4) is 0 Å². The number of ether oxygens (including phenoxy) is 1. The van der Waals surface area contributed by atoms with E-state index < -0.39 is 0 Å². The average molecular weight is 348 g/mol. The van der Waals surface area contributed by atoms with Crippen LogP contribution in [0.2, 0.25) is 0 Å². The Labute approximate surface area is 147 Å². The molecule has 0 saturated carbocycles. The minimum atomic E-state index is -0.333. The van der Waals surface area contributed by atoms with Crippen LogP contribution in [0, 0.1) is 0 Å². The summed E-state index contributed by atoms with van der Waals surface area (Å²) in [5.74, 6) is -0.222. The highest BCUT2D eigenvalue weighted by Crippen LogP contribution is 2.22. The van der Waals surface area contributed by atoms with Crippen LogP contribution in [0.15, 0.2) is 35.9 Å². The van der Waals surface area contributed by atoms with E-state index >= 15 is 0 Å². The van der Waals surface area contributed by atoms with E-state index in [1.807, 2.05) is 32.2 Å². The van der Waals surface area contributed by atoms with Gasteiger partial charge >= 0.3 is 5.97 Å². The molecule has 0 fully saturated rings. The molecule has 2 atom stereocenters. The van der Waals surface area contributed by atoms with Gasteiger partial charge in [0.25, 0.3) is 0 Å². The number of carbonyl (C=O) groups excluding carboxylic acids is 1. The van der Waals surface area contributed by atoms with E-state index in [-0.39, 0.29) is 17.3 Å². The molecular weight excluding hydrogens is 324 g/mol. The Kier molecular flexibility index (Phi) is 7.24. The molecule has 0 aliphatic rings. The second kappa shape index (κ2) is 9.42. The van der Waals surface area contributed by atoms with Gasteiger partial charge in [0.15, 0.2) is 5.16 Å². The third-order valence-electron chi connectivity index (χ3n) is 3.61. The van der Waals surface area contributed by atoms with E-state index in [0.717, 1.165) is 25.0 Å². The van der Waals surface area contributed by atoms with Crippen molar-refractivity contribution in [1.82, 2.24) is 19.7 Å². The van der Waals surface area contributed by atoms with Crippen molar-refractivity contribution < 1.29 is 9.53 Å². The highest BCUT2D eigenvalue weighted by molar-refractivity contribution is 8.00. The number of aromatic nitrogens is 4. The normalized spacial score (nSPS) is 13.5. The summed E-state index contributed by atoms with van der Waals surface area (Å²) in [6.07, 6.45) is 6.82. The minimum Gasteiger partial charge on any atom is -0.461 e. The number of unbranched alkanes of at least 4 members (excludes halogenated alkanes) is 1.